The van der Waals surface area contributed by atoms with Gasteiger partial charge in [0, 0.05) is 22.4 Å². The number of hydrogen-bond acceptors (Lipinski definition) is 2. The number of aromatic nitrogens is 1. The molecule has 2 N–H and O–H groups in total. The Morgan fingerprint density at radius 3 is 2.84 bits per heavy atom. The molecule has 2 nitrogen and oxygen atoms in total. The van der Waals surface area contributed by atoms with Crippen LogP contribution in [-0.4, -0.2) is 4.98 Å². The minimum absolute atomic E-state index is 0.135. The van der Waals surface area contributed by atoms with E-state index in [-0.39, 0.29) is 6.04 Å². The van der Waals surface area contributed by atoms with E-state index in [2.05, 4.69) is 51.2 Å². The van der Waals surface area contributed by atoms with Crippen molar-refractivity contribution in [2.45, 2.75) is 25.3 Å². The molecule has 0 radical (unpaired) electrons. The fourth-order valence-corrected chi connectivity index (χ4v) is 3.12. The predicted octanol–water partition coefficient (Wildman–Crippen LogP) is 3.65. The molecule has 19 heavy (non-hydrogen) atoms. The lowest BCUT2D eigenvalue weighted by atomic mass is 9.78. The van der Waals surface area contributed by atoms with Gasteiger partial charge in [-0.15, -0.1) is 0 Å². The number of hydrogen-bond donors (Lipinski definition) is 1. The van der Waals surface area contributed by atoms with Gasteiger partial charge in [0.2, 0.25) is 0 Å². The van der Waals surface area contributed by atoms with Crippen molar-refractivity contribution in [3.8, 4) is 0 Å². The van der Waals surface area contributed by atoms with Gasteiger partial charge in [0.1, 0.15) is 0 Å². The summed E-state index contributed by atoms with van der Waals surface area (Å²) in [5.74, 6) is 0.489. The van der Waals surface area contributed by atoms with E-state index in [1.807, 2.05) is 12.3 Å². The van der Waals surface area contributed by atoms with Crippen LogP contribution in [0.5, 0.6) is 0 Å². The largest absolute Gasteiger partial charge is 0.324 e. The van der Waals surface area contributed by atoms with Crippen molar-refractivity contribution in [2.24, 2.45) is 11.7 Å². The van der Waals surface area contributed by atoms with Gasteiger partial charge in [-0.3, -0.25) is 4.98 Å². The first-order valence-corrected chi connectivity index (χ1v) is 7.47. The summed E-state index contributed by atoms with van der Waals surface area (Å²) in [4.78, 5) is 4.46. The Hall–Kier alpha value is -1.19. The van der Waals surface area contributed by atoms with E-state index in [1.54, 1.807) is 0 Å². The van der Waals surface area contributed by atoms with Gasteiger partial charge in [-0.25, -0.2) is 0 Å². The Morgan fingerprint density at radius 2 is 2.05 bits per heavy atom. The quantitative estimate of drug-likeness (QED) is 0.918. The summed E-state index contributed by atoms with van der Waals surface area (Å²) >= 11 is 3.42. The molecule has 0 bridgehead atoms. The van der Waals surface area contributed by atoms with Gasteiger partial charge in [-0.05, 0) is 64.4 Å². The van der Waals surface area contributed by atoms with Gasteiger partial charge >= 0.3 is 0 Å². The zero-order chi connectivity index (χ0) is 13.2. The van der Waals surface area contributed by atoms with E-state index in [4.69, 9.17) is 5.73 Å². The highest BCUT2D eigenvalue weighted by atomic mass is 79.9. The summed E-state index contributed by atoms with van der Waals surface area (Å²) < 4.78 is 1.02. The maximum absolute atomic E-state index is 6.43. The van der Waals surface area contributed by atoms with Gasteiger partial charge in [0.05, 0.1) is 0 Å². The number of nitrogens with zero attached hydrogens (tertiary/aromatic N) is 1. The first-order valence-electron chi connectivity index (χ1n) is 6.68. The standard InChI is InChI=1S/C16H17BrN2/c17-13-7-8-14(19-10-13)9-12-6-5-11-3-1-2-4-15(11)16(12)18/h1-4,7-8,10,12,16H,5-6,9,18H2. The highest BCUT2D eigenvalue weighted by molar-refractivity contribution is 9.10. The first kappa shape index (κ1) is 12.8. The van der Waals surface area contributed by atoms with Crippen LogP contribution < -0.4 is 5.73 Å². The van der Waals surface area contributed by atoms with Gasteiger partial charge in [0.15, 0.2) is 0 Å². The summed E-state index contributed by atoms with van der Waals surface area (Å²) in [5, 5.41) is 0. The molecule has 0 fully saturated rings. The summed E-state index contributed by atoms with van der Waals surface area (Å²) in [6.07, 6.45) is 5.10. The van der Waals surface area contributed by atoms with Crippen LogP contribution in [0, 0.1) is 5.92 Å². The molecule has 0 spiro atoms. The van der Waals surface area contributed by atoms with Gasteiger partial charge in [-0.1, -0.05) is 24.3 Å². The second-order valence-corrected chi connectivity index (χ2v) is 6.11. The smallest absolute Gasteiger partial charge is 0.0413 e. The van der Waals surface area contributed by atoms with Crippen molar-refractivity contribution in [3.63, 3.8) is 0 Å². The Balaban J connectivity index is 1.79. The van der Waals surface area contributed by atoms with Crippen molar-refractivity contribution < 1.29 is 0 Å². The number of halogens is 1. The van der Waals surface area contributed by atoms with Crippen LogP contribution in [0.2, 0.25) is 0 Å². The van der Waals surface area contributed by atoms with Crippen LogP contribution in [0.3, 0.4) is 0 Å². The second-order valence-electron chi connectivity index (χ2n) is 5.20. The molecule has 1 aromatic carbocycles. The van der Waals surface area contributed by atoms with Gasteiger partial charge < -0.3 is 5.73 Å². The zero-order valence-corrected chi connectivity index (χ0v) is 12.3. The molecule has 1 aromatic heterocycles. The molecule has 0 saturated heterocycles. The average molecular weight is 317 g/mol. The summed E-state index contributed by atoms with van der Waals surface area (Å²) in [7, 11) is 0. The molecule has 3 rings (SSSR count). The highest BCUT2D eigenvalue weighted by Gasteiger charge is 2.26. The Labute approximate surface area is 122 Å². The van der Waals surface area contributed by atoms with Crippen molar-refractivity contribution in [3.05, 3.63) is 63.9 Å². The lowest BCUT2D eigenvalue weighted by Crippen LogP contribution is -2.28. The SMILES string of the molecule is NC1c2ccccc2CCC1Cc1ccc(Br)cn1. The van der Waals surface area contributed by atoms with Crippen LogP contribution in [0.4, 0.5) is 0 Å². The van der Waals surface area contributed by atoms with Crippen molar-refractivity contribution in [2.75, 3.05) is 0 Å². The lowest BCUT2D eigenvalue weighted by Gasteiger charge is -2.30. The maximum Gasteiger partial charge on any atom is 0.0413 e. The van der Waals surface area contributed by atoms with E-state index in [0.717, 1.165) is 29.4 Å². The maximum atomic E-state index is 6.43. The molecule has 0 aliphatic heterocycles. The Bertz CT molecular complexity index is 565. The fourth-order valence-electron chi connectivity index (χ4n) is 2.89. The molecule has 2 atom stereocenters. The minimum atomic E-state index is 0.135. The molecule has 0 amide bonds. The molecule has 2 unspecified atom stereocenters. The second kappa shape index (κ2) is 5.43. The molecular formula is C16H17BrN2. The number of fused-ring (bicyclic) bond motifs is 1. The number of rotatable bonds is 2. The van der Waals surface area contributed by atoms with E-state index in [9.17, 15) is 0 Å². The van der Waals surface area contributed by atoms with E-state index < -0.39 is 0 Å². The predicted molar refractivity (Wildman–Crippen MR) is 80.8 cm³/mol. The number of benzene rings is 1. The lowest BCUT2D eigenvalue weighted by molar-refractivity contribution is 0.373. The number of aryl methyl sites for hydroxylation is 1. The van der Waals surface area contributed by atoms with Gasteiger partial charge in [-0.2, -0.15) is 0 Å². The van der Waals surface area contributed by atoms with Crippen LogP contribution in [-0.2, 0) is 12.8 Å². The third kappa shape index (κ3) is 2.72. The summed E-state index contributed by atoms with van der Waals surface area (Å²) in [6.45, 7) is 0. The summed E-state index contributed by atoms with van der Waals surface area (Å²) in [5.41, 5.74) is 10.3. The minimum Gasteiger partial charge on any atom is -0.324 e. The Morgan fingerprint density at radius 1 is 1.21 bits per heavy atom. The highest BCUT2D eigenvalue weighted by Crippen LogP contribution is 2.34. The van der Waals surface area contributed by atoms with Gasteiger partial charge in [0.25, 0.3) is 0 Å². The molecule has 0 saturated carbocycles. The molecule has 3 heteroatoms. The Kier molecular flexibility index (Phi) is 3.67. The van der Waals surface area contributed by atoms with E-state index in [0.29, 0.717) is 5.92 Å². The van der Waals surface area contributed by atoms with E-state index in [1.165, 1.54) is 11.1 Å². The normalized spacial score (nSPS) is 22.0. The first-order chi connectivity index (χ1) is 9.24. The van der Waals surface area contributed by atoms with Crippen molar-refractivity contribution in [1.29, 1.82) is 0 Å². The zero-order valence-electron chi connectivity index (χ0n) is 10.7. The number of nitrogens with two attached hydrogens (primary N) is 1. The van der Waals surface area contributed by atoms with Crippen molar-refractivity contribution in [1.82, 2.24) is 4.98 Å². The molecule has 1 aliphatic carbocycles. The fraction of sp³-hybridized carbons (Fsp3) is 0.312. The monoisotopic (exact) mass is 316 g/mol. The third-order valence-electron chi connectivity index (χ3n) is 3.97. The topological polar surface area (TPSA) is 38.9 Å². The molecule has 1 aliphatic rings. The molecular weight excluding hydrogens is 300 g/mol. The van der Waals surface area contributed by atoms with Crippen LogP contribution in [0.1, 0.15) is 29.3 Å². The third-order valence-corrected chi connectivity index (χ3v) is 4.44. The average Bonchev–Trinajstić information content (AvgIpc) is 2.45. The van der Waals surface area contributed by atoms with Crippen molar-refractivity contribution >= 4 is 15.9 Å². The molecule has 2 aromatic rings. The number of pyridine rings is 1. The van der Waals surface area contributed by atoms with Crippen LogP contribution in [0.15, 0.2) is 47.1 Å². The van der Waals surface area contributed by atoms with E-state index >= 15 is 0 Å². The van der Waals surface area contributed by atoms with Crippen LogP contribution in [0.25, 0.3) is 0 Å². The molecule has 1 heterocycles. The summed E-state index contributed by atoms with van der Waals surface area (Å²) in [6, 6.07) is 12.8. The molecule has 98 valence electrons. The van der Waals surface area contributed by atoms with Crippen LogP contribution >= 0.6 is 15.9 Å².